The molecule has 30 heavy (non-hydrogen) atoms. The SMILES string of the molecule is CCOc1ccc([C@@H]2C(C#N)=C(SCc3ccccc3)NC(=O)[C@H]2C(=O)OC)cc1. The molecular weight excluding hydrogens is 400 g/mol. The third kappa shape index (κ3) is 4.66. The van der Waals surface area contributed by atoms with Gasteiger partial charge in [0.15, 0.2) is 0 Å². The van der Waals surface area contributed by atoms with Crippen LogP contribution in [0.5, 0.6) is 5.75 Å². The molecule has 2 aromatic rings. The zero-order chi connectivity index (χ0) is 21.5. The Morgan fingerprint density at radius 3 is 2.47 bits per heavy atom. The molecular formula is C23H22N2O4S. The third-order valence-electron chi connectivity index (χ3n) is 4.76. The first-order valence-corrected chi connectivity index (χ1v) is 10.5. The summed E-state index contributed by atoms with van der Waals surface area (Å²) in [5.74, 6) is -1.76. The van der Waals surface area contributed by atoms with Crippen LogP contribution >= 0.6 is 11.8 Å². The zero-order valence-electron chi connectivity index (χ0n) is 16.8. The molecule has 0 radical (unpaired) electrons. The van der Waals surface area contributed by atoms with Crippen LogP contribution in [-0.2, 0) is 20.1 Å². The van der Waals surface area contributed by atoms with Crippen molar-refractivity contribution in [2.45, 2.75) is 18.6 Å². The van der Waals surface area contributed by atoms with E-state index in [0.717, 1.165) is 5.56 Å². The standard InChI is InChI=1S/C23H22N2O4S/c1-3-29-17-11-9-16(10-12-17)19-18(13-24)22(25-21(26)20(19)23(27)28-2)30-14-15-7-5-4-6-8-15/h4-12,19-20H,3,14H2,1-2H3,(H,25,26)/t19-,20+/m1/s1. The number of rotatable bonds is 7. The number of nitriles is 1. The first-order valence-electron chi connectivity index (χ1n) is 9.51. The fourth-order valence-electron chi connectivity index (χ4n) is 3.35. The maximum atomic E-state index is 12.8. The van der Waals surface area contributed by atoms with Crippen molar-refractivity contribution in [2.24, 2.45) is 5.92 Å². The lowest BCUT2D eigenvalue weighted by atomic mass is 9.78. The van der Waals surface area contributed by atoms with Gasteiger partial charge < -0.3 is 14.8 Å². The van der Waals surface area contributed by atoms with Crippen molar-refractivity contribution in [1.82, 2.24) is 5.32 Å². The number of hydrogen-bond donors (Lipinski definition) is 1. The molecule has 0 fully saturated rings. The minimum atomic E-state index is -1.14. The van der Waals surface area contributed by atoms with Gasteiger partial charge in [0.25, 0.3) is 0 Å². The van der Waals surface area contributed by atoms with E-state index in [9.17, 15) is 14.9 Å². The van der Waals surface area contributed by atoms with Crippen molar-refractivity contribution < 1.29 is 19.1 Å². The van der Waals surface area contributed by atoms with E-state index in [2.05, 4.69) is 11.4 Å². The number of methoxy groups -OCH3 is 1. The number of nitrogens with one attached hydrogen (secondary N) is 1. The van der Waals surface area contributed by atoms with Gasteiger partial charge in [0.05, 0.1) is 30.4 Å². The molecule has 0 unspecified atom stereocenters. The minimum absolute atomic E-state index is 0.343. The van der Waals surface area contributed by atoms with Gasteiger partial charge in [-0.25, -0.2) is 0 Å². The molecule has 7 heteroatoms. The molecule has 1 heterocycles. The summed E-state index contributed by atoms with van der Waals surface area (Å²) in [6.45, 7) is 2.42. The van der Waals surface area contributed by atoms with Crippen LogP contribution < -0.4 is 10.1 Å². The van der Waals surface area contributed by atoms with Crippen LogP contribution in [0.3, 0.4) is 0 Å². The Labute approximate surface area is 179 Å². The summed E-state index contributed by atoms with van der Waals surface area (Å²) in [7, 11) is 1.24. The number of amides is 1. The highest BCUT2D eigenvalue weighted by molar-refractivity contribution is 8.02. The molecule has 1 aliphatic rings. The van der Waals surface area contributed by atoms with Crippen LogP contribution in [0.15, 0.2) is 65.2 Å². The van der Waals surface area contributed by atoms with Crippen LogP contribution in [0.4, 0.5) is 0 Å². The van der Waals surface area contributed by atoms with Gasteiger partial charge in [0.1, 0.15) is 11.7 Å². The van der Waals surface area contributed by atoms with E-state index >= 15 is 0 Å². The lowest BCUT2D eigenvalue weighted by Gasteiger charge is -2.31. The third-order valence-corrected chi connectivity index (χ3v) is 5.85. The molecule has 154 valence electrons. The Kier molecular flexibility index (Phi) is 7.15. The second-order valence-corrected chi connectivity index (χ2v) is 7.58. The minimum Gasteiger partial charge on any atom is -0.494 e. The van der Waals surface area contributed by atoms with E-state index < -0.39 is 23.7 Å². The predicted molar refractivity (Wildman–Crippen MR) is 114 cm³/mol. The first kappa shape index (κ1) is 21.5. The van der Waals surface area contributed by atoms with E-state index in [1.807, 2.05) is 37.3 Å². The molecule has 0 bridgehead atoms. The average Bonchev–Trinajstić information content (AvgIpc) is 2.78. The quantitative estimate of drug-likeness (QED) is 0.540. The van der Waals surface area contributed by atoms with Crippen LogP contribution in [0.1, 0.15) is 24.0 Å². The van der Waals surface area contributed by atoms with E-state index in [-0.39, 0.29) is 0 Å². The zero-order valence-corrected chi connectivity index (χ0v) is 17.6. The van der Waals surface area contributed by atoms with Crippen LogP contribution in [-0.4, -0.2) is 25.6 Å². The van der Waals surface area contributed by atoms with Crippen LogP contribution in [0.25, 0.3) is 0 Å². The highest BCUT2D eigenvalue weighted by Gasteiger charge is 2.44. The van der Waals surface area contributed by atoms with Crippen molar-refractivity contribution in [3.63, 3.8) is 0 Å². The lowest BCUT2D eigenvalue weighted by Crippen LogP contribution is -2.44. The summed E-state index contributed by atoms with van der Waals surface area (Å²) in [6, 6.07) is 19.1. The molecule has 0 aromatic heterocycles. The highest BCUT2D eigenvalue weighted by atomic mass is 32.2. The van der Waals surface area contributed by atoms with Gasteiger partial charge in [-0.1, -0.05) is 42.5 Å². The fraction of sp³-hybridized carbons (Fsp3) is 0.261. The number of thioether (sulfide) groups is 1. The van der Waals surface area contributed by atoms with Crippen molar-refractivity contribution in [3.05, 3.63) is 76.3 Å². The van der Waals surface area contributed by atoms with Crippen LogP contribution in [0, 0.1) is 17.2 Å². The molecule has 2 atom stereocenters. The van der Waals surface area contributed by atoms with Gasteiger partial charge in [0.2, 0.25) is 5.91 Å². The average molecular weight is 423 g/mol. The molecule has 1 aliphatic heterocycles. The number of ether oxygens (including phenoxy) is 2. The normalized spacial score (nSPS) is 18.4. The number of nitrogens with zero attached hydrogens (tertiary/aromatic N) is 1. The van der Waals surface area contributed by atoms with Gasteiger partial charge in [-0.05, 0) is 30.2 Å². The molecule has 1 N–H and O–H groups in total. The Balaban J connectivity index is 2.00. The van der Waals surface area contributed by atoms with Gasteiger partial charge in [0, 0.05) is 11.7 Å². The Morgan fingerprint density at radius 2 is 1.87 bits per heavy atom. The summed E-state index contributed by atoms with van der Waals surface area (Å²) in [4.78, 5) is 25.3. The molecule has 0 saturated heterocycles. The number of benzene rings is 2. The van der Waals surface area contributed by atoms with E-state index in [0.29, 0.717) is 34.3 Å². The topological polar surface area (TPSA) is 88.4 Å². The first-order chi connectivity index (χ1) is 14.6. The summed E-state index contributed by atoms with van der Waals surface area (Å²) < 4.78 is 10.3. The molecule has 3 rings (SSSR count). The van der Waals surface area contributed by atoms with Gasteiger partial charge in [-0.2, -0.15) is 5.26 Å². The van der Waals surface area contributed by atoms with E-state index in [4.69, 9.17) is 9.47 Å². The van der Waals surface area contributed by atoms with E-state index in [1.165, 1.54) is 18.9 Å². The Morgan fingerprint density at radius 1 is 1.17 bits per heavy atom. The van der Waals surface area contributed by atoms with Gasteiger partial charge >= 0.3 is 5.97 Å². The van der Waals surface area contributed by atoms with Crippen LogP contribution in [0.2, 0.25) is 0 Å². The highest BCUT2D eigenvalue weighted by Crippen LogP contribution is 2.41. The van der Waals surface area contributed by atoms with Crippen molar-refractivity contribution >= 4 is 23.6 Å². The molecule has 2 aromatic carbocycles. The van der Waals surface area contributed by atoms with E-state index in [1.54, 1.807) is 24.3 Å². The second-order valence-electron chi connectivity index (χ2n) is 6.60. The summed E-state index contributed by atoms with van der Waals surface area (Å²) in [5, 5.41) is 13.1. The second kappa shape index (κ2) is 9.99. The largest absolute Gasteiger partial charge is 0.494 e. The maximum absolute atomic E-state index is 12.8. The Hall–Kier alpha value is -3.24. The molecule has 1 amide bonds. The molecule has 0 aliphatic carbocycles. The molecule has 0 saturated carbocycles. The van der Waals surface area contributed by atoms with Crippen molar-refractivity contribution in [3.8, 4) is 11.8 Å². The van der Waals surface area contributed by atoms with Gasteiger partial charge in [-0.3, -0.25) is 9.59 Å². The number of carbonyl (C=O) groups excluding carboxylic acids is 2. The maximum Gasteiger partial charge on any atom is 0.319 e. The lowest BCUT2D eigenvalue weighted by molar-refractivity contribution is -0.150. The fourth-order valence-corrected chi connectivity index (χ4v) is 4.35. The monoisotopic (exact) mass is 422 g/mol. The summed E-state index contributed by atoms with van der Waals surface area (Å²) in [6.07, 6.45) is 0. The predicted octanol–water partition coefficient (Wildman–Crippen LogP) is 3.76. The van der Waals surface area contributed by atoms with Crippen molar-refractivity contribution in [2.75, 3.05) is 13.7 Å². The van der Waals surface area contributed by atoms with Crippen molar-refractivity contribution in [1.29, 1.82) is 5.26 Å². The summed E-state index contributed by atoms with van der Waals surface area (Å²) in [5.41, 5.74) is 2.09. The number of carbonyl (C=O) groups is 2. The number of hydrogen-bond acceptors (Lipinski definition) is 6. The van der Waals surface area contributed by atoms with Gasteiger partial charge in [-0.15, -0.1) is 11.8 Å². The number of allylic oxidation sites excluding steroid dienone is 1. The molecule has 6 nitrogen and oxygen atoms in total. The smallest absolute Gasteiger partial charge is 0.319 e. The summed E-state index contributed by atoms with van der Waals surface area (Å²) >= 11 is 1.37. The number of esters is 1. The Bertz CT molecular complexity index is 981. The molecule has 0 spiro atoms.